The molecule has 132 valence electrons. The first-order chi connectivity index (χ1) is 12.0. The van der Waals surface area contributed by atoms with E-state index in [-0.39, 0.29) is 17.3 Å². The van der Waals surface area contributed by atoms with E-state index in [1.54, 1.807) is 16.8 Å². The lowest BCUT2D eigenvalue weighted by atomic mass is 10.1. The molecular formula is C17H17NO5S2. The van der Waals surface area contributed by atoms with Gasteiger partial charge in [-0.2, -0.15) is 15.6 Å². The number of ketones is 1. The maximum absolute atomic E-state index is 12.4. The zero-order chi connectivity index (χ0) is 17.9. The Morgan fingerprint density at radius 3 is 2.32 bits per heavy atom. The van der Waals surface area contributed by atoms with Gasteiger partial charge < -0.3 is 4.74 Å². The number of carbonyl (C=O) groups excluding carboxylic acids is 2. The Bertz CT molecular complexity index is 851. The van der Waals surface area contributed by atoms with E-state index in [1.807, 2.05) is 0 Å². The van der Waals surface area contributed by atoms with Crippen LogP contribution >= 0.6 is 11.3 Å². The fourth-order valence-electron chi connectivity index (χ4n) is 2.57. The second-order valence-corrected chi connectivity index (χ2v) is 8.36. The highest BCUT2D eigenvalue weighted by atomic mass is 32.2. The van der Waals surface area contributed by atoms with E-state index in [4.69, 9.17) is 4.74 Å². The second-order valence-electron chi connectivity index (χ2n) is 5.65. The zero-order valence-corrected chi connectivity index (χ0v) is 15.0. The maximum Gasteiger partial charge on any atom is 0.339 e. The van der Waals surface area contributed by atoms with Crippen molar-refractivity contribution < 1.29 is 22.7 Å². The van der Waals surface area contributed by atoms with Gasteiger partial charge in [0, 0.05) is 24.0 Å². The summed E-state index contributed by atoms with van der Waals surface area (Å²) in [5, 5.41) is 3.39. The number of hydrogen-bond acceptors (Lipinski definition) is 6. The number of hydrogen-bond donors (Lipinski definition) is 0. The molecule has 1 saturated heterocycles. The Kier molecular flexibility index (Phi) is 5.31. The first-order valence-electron chi connectivity index (χ1n) is 7.81. The minimum atomic E-state index is -3.50. The smallest absolute Gasteiger partial charge is 0.339 e. The van der Waals surface area contributed by atoms with Crippen molar-refractivity contribution in [3.63, 3.8) is 0 Å². The highest BCUT2D eigenvalue weighted by Gasteiger charge is 2.27. The maximum atomic E-state index is 12.4. The van der Waals surface area contributed by atoms with Crippen LogP contribution in [0.25, 0.3) is 0 Å². The number of benzene rings is 1. The average molecular weight is 379 g/mol. The summed E-state index contributed by atoms with van der Waals surface area (Å²) in [5.74, 6) is -0.934. The summed E-state index contributed by atoms with van der Waals surface area (Å²) < 4.78 is 31.3. The van der Waals surface area contributed by atoms with Crippen LogP contribution in [-0.4, -0.2) is 44.2 Å². The molecule has 0 atom stereocenters. The van der Waals surface area contributed by atoms with Gasteiger partial charge >= 0.3 is 5.97 Å². The highest BCUT2D eigenvalue weighted by molar-refractivity contribution is 7.89. The molecule has 6 nitrogen and oxygen atoms in total. The van der Waals surface area contributed by atoms with Gasteiger partial charge in [0.1, 0.15) is 0 Å². The van der Waals surface area contributed by atoms with Gasteiger partial charge in [-0.15, -0.1) is 0 Å². The van der Waals surface area contributed by atoms with Crippen molar-refractivity contribution in [1.29, 1.82) is 0 Å². The molecule has 25 heavy (non-hydrogen) atoms. The van der Waals surface area contributed by atoms with Gasteiger partial charge in [0.05, 0.1) is 10.5 Å². The molecule has 0 amide bonds. The summed E-state index contributed by atoms with van der Waals surface area (Å²) in [5.41, 5.74) is 0.711. The molecular weight excluding hydrogens is 362 g/mol. The van der Waals surface area contributed by atoms with Crippen molar-refractivity contribution in [3.8, 4) is 0 Å². The van der Waals surface area contributed by atoms with Gasteiger partial charge in [-0.1, -0.05) is 0 Å². The summed E-state index contributed by atoms with van der Waals surface area (Å²) in [6, 6.07) is 7.35. The number of carbonyl (C=O) groups is 2. The first-order valence-corrected chi connectivity index (χ1v) is 10.2. The number of nitrogens with zero attached hydrogens (tertiary/aromatic N) is 1. The largest absolute Gasteiger partial charge is 0.454 e. The normalized spacial score (nSPS) is 15.2. The molecule has 2 heterocycles. The monoisotopic (exact) mass is 379 g/mol. The lowest BCUT2D eigenvalue weighted by Gasteiger charge is -2.15. The molecule has 0 unspecified atom stereocenters. The van der Waals surface area contributed by atoms with Crippen LogP contribution in [0.5, 0.6) is 0 Å². The van der Waals surface area contributed by atoms with E-state index in [0.717, 1.165) is 12.8 Å². The summed E-state index contributed by atoms with van der Waals surface area (Å²) in [4.78, 5) is 24.0. The van der Waals surface area contributed by atoms with Gasteiger partial charge in [-0.3, -0.25) is 4.79 Å². The molecule has 0 radical (unpaired) electrons. The third-order valence-corrected chi connectivity index (χ3v) is 6.57. The van der Waals surface area contributed by atoms with Crippen LogP contribution in [0.1, 0.15) is 33.6 Å². The van der Waals surface area contributed by atoms with Crippen molar-refractivity contribution in [3.05, 3.63) is 52.2 Å². The molecule has 0 N–H and O–H groups in total. The fraction of sp³-hybridized carbons (Fsp3) is 0.294. The Labute approximate surface area is 150 Å². The summed E-state index contributed by atoms with van der Waals surface area (Å²) in [6.45, 7) is 0.677. The summed E-state index contributed by atoms with van der Waals surface area (Å²) >= 11 is 1.37. The van der Waals surface area contributed by atoms with E-state index < -0.39 is 16.0 Å². The third kappa shape index (κ3) is 3.97. The lowest BCUT2D eigenvalue weighted by Crippen LogP contribution is -2.27. The second kappa shape index (κ2) is 7.47. The summed E-state index contributed by atoms with van der Waals surface area (Å²) in [6.07, 6.45) is 1.73. The topological polar surface area (TPSA) is 80.8 Å². The highest BCUT2D eigenvalue weighted by Crippen LogP contribution is 2.21. The van der Waals surface area contributed by atoms with Crippen molar-refractivity contribution in [2.45, 2.75) is 17.7 Å². The summed E-state index contributed by atoms with van der Waals surface area (Å²) in [7, 11) is -3.50. The Morgan fingerprint density at radius 1 is 1.04 bits per heavy atom. The molecule has 1 aliphatic rings. The van der Waals surface area contributed by atoms with Crippen LogP contribution in [0.3, 0.4) is 0 Å². The first kappa shape index (κ1) is 17.8. The van der Waals surface area contributed by atoms with E-state index in [9.17, 15) is 18.0 Å². The van der Waals surface area contributed by atoms with Gasteiger partial charge in [0.15, 0.2) is 12.4 Å². The van der Waals surface area contributed by atoms with Crippen LogP contribution < -0.4 is 0 Å². The minimum absolute atomic E-state index is 0.168. The van der Waals surface area contributed by atoms with Crippen molar-refractivity contribution >= 4 is 33.1 Å². The van der Waals surface area contributed by atoms with Crippen molar-refractivity contribution in [2.75, 3.05) is 19.7 Å². The minimum Gasteiger partial charge on any atom is -0.454 e. The van der Waals surface area contributed by atoms with Crippen LogP contribution in [0.15, 0.2) is 46.0 Å². The molecule has 0 aliphatic carbocycles. The average Bonchev–Trinajstić information content (AvgIpc) is 3.33. The van der Waals surface area contributed by atoms with E-state index in [0.29, 0.717) is 24.2 Å². The predicted octanol–water partition coefficient (Wildman–Crippen LogP) is 2.57. The van der Waals surface area contributed by atoms with Crippen LogP contribution in [0.4, 0.5) is 0 Å². The Morgan fingerprint density at radius 2 is 1.72 bits per heavy atom. The van der Waals surface area contributed by atoms with Crippen LogP contribution in [-0.2, 0) is 14.8 Å². The lowest BCUT2D eigenvalue weighted by molar-refractivity contribution is 0.0475. The number of sulfonamides is 1. The predicted molar refractivity (Wildman–Crippen MR) is 93.4 cm³/mol. The Balaban J connectivity index is 1.63. The van der Waals surface area contributed by atoms with Gasteiger partial charge in [-0.05, 0) is 48.6 Å². The molecule has 1 fully saturated rings. The molecule has 2 aromatic rings. The molecule has 1 aromatic carbocycles. The van der Waals surface area contributed by atoms with E-state index >= 15 is 0 Å². The number of thiophene rings is 1. The number of rotatable bonds is 6. The van der Waals surface area contributed by atoms with Crippen molar-refractivity contribution in [2.24, 2.45) is 0 Å². The molecule has 8 heteroatoms. The Hall–Kier alpha value is -2.03. The molecule has 1 aromatic heterocycles. The van der Waals surface area contributed by atoms with Gasteiger partial charge in [-0.25, -0.2) is 13.2 Å². The number of Topliss-reactive ketones (excluding diaryl/α,β-unsaturated/α-hetero) is 1. The SMILES string of the molecule is O=C(COC(=O)c1ccsc1)c1ccc(S(=O)(=O)N2CCCC2)cc1. The van der Waals surface area contributed by atoms with Gasteiger partial charge in [0.25, 0.3) is 0 Å². The van der Waals surface area contributed by atoms with Gasteiger partial charge in [0.2, 0.25) is 10.0 Å². The van der Waals surface area contributed by atoms with Crippen LogP contribution in [0, 0.1) is 0 Å². The molecule has 0 bridgehead atoms. The van der Waals surface area contributed by atoms with E-state index in [1.165, 1.54) is 39.9 Å². The molecule has 1 aliphatic heterocycles. The fourth-order valence-corrected chi connectivity index (χ4v) is 4.71. The number of ether oxygens (including phenoxy) is 1. The standard InChI is InChI=1S/C17H17NO5S2/c19-16(11-23-17(20)14-7-10-24-12-14)13-3-5-15(6-4-13)25(21,22)18-8-1-2-9-18/h3-7,10,12H,1-2,8-9,11H2. The van der Waals surface area contributed by atoms with Crippen LogP contribution in [0.2, 0.25) is 0 Å². The quantitative estimate of drug-likeness (QED) is 0.569. The van der Waals surface area contributed by atoms with Crippen molar-refractivity contribution in [1.82, 2.24) is 4.31 Å². The number of esters is 1. The van der Waals surface area contributed by atoms with E-state index in [2.05, 4.69) is 0 Å². The zero-order valence-electron chi connectivity index (χ0n) is 13.4. The molecule has 0 saturated carbocycles. The molecule has 0 spiro atoms. The molecule has 3 rings (SSSR count). The third-order valence-electron chi connectivity index (χ3n) is 3.97.